The molecule has 3 nitrogen and oxygen atoms in total. The molecule has 3 unspecified atom stereocenters. The zero-order chi connectivity index (χ0) is 11.4. The lowest BCUT2D eigenvalue weighted by molar-refractivity contribution is -0.215. The van der Waals surface area contributed by atoms with Gasteiger partial charge in [0.15, 0.2) is 6.29 Å². The minimum absolute atomic E-state index is 0.0736. The molecule has 0 saturated carbocycles. The average molecular weight is 222 g/mol. The lowest BCUT2D eigenvalue weighted by Crippen LogP contribution is -2.35. The second-order valence-corrected chi connectivity index (χ2v) is 4.30. The first-order valence-corrected chi connectivity index (χ1v) is 5.73. The van der Waals surface area contributed by atoms with E-state index >= 15 is 0 Å². The van der Waals surface area contributed by atoms with E-state index in [-0.39, 0.29) is 18.5 Å². The van der Waals surface area contributed by atoms with Crippen LogP contribution in [0.15, 0.2) is 30.3 Å². The Bertz CT molecular complexity index is 302. The Morgan fingerprint density at radius 2 is 2.06 bits per heavy atom. The first kappa shape index (κ1) is 11.6. The summed E-state index contributed by atoms with van der Waals surface area (Å²) >= 11 is 0. The van der Waals surface area contributed by atoms with Crippen molar-refractivity contribution >= 4 is 0 Å². The van der Waals surface area contributed by atoms with Gasteiger partial charge < -0.3 is 14.6 Å². The number of benzene rings is 1. The van der Waals surface area contributed by atoms with E-state index in [9.17, 15) is 5.11 Å². The van der Waals surface area contributed by atoms with Gasteiger partial charge in [0, 0.05) is 6.42 Å². The Morgan fingerprint density at radius 1 is 1.31 bits per heavy atom. The van der Waals surface area contributed by atoms with Crippen molar-refractivity contribution in [2.45, 2.75) is 44.9 Å². The molecule has 1 heterocycles. The third kappa shape index (κ3) is 3.30. The third-order valence-electron chi connectivity index (χ3n) is 2.73. The summed E-state index contributed by atoms with van der Waals surface area (Å²) < 4.78 is 11.2. The summed E-state index contributed by atoms with van der Waals surface area (Å²) in [5.41, 5.74) is 1.12. The van der Waals surface area contributed by atoms with Gasteiger partial charge in [-0.05, 0) is 18.9 Å². The van der Waals surface area contributed by atoms with Gasteiger partial charge in [-0.2, -0.15) is 0 Å². The third-order valence-corrected chi connectivity index (χ3v) is 2.73. The minimum Gasteiger partial charge on any atom is -0.393 e. The molecular formula is C13H18O3. The van der Waals surface area contributed by atoms with Crippen molar-refractivity contribution in [3.05, 3.63) is 35.9 Å². The van der Waals surface area contributed by atoms with Gasteiger partial charge in [-0.25, -0.2) is 0 Å². The maximum Gasteiger partial charge on any atom is 0.160 e. The Hall–Kier alpha value is -0.900. The van der Waals surface area contributed by atoms with E-state index in [1.165, 1.54) is 0 Å². The van der Waals surface area contributed by atoms with Crippen molar-refractivity contribution in [2.24, 2.45) is 0 Å². The van der Waals surface area contributed by atoms with Gasteiger partial charge in [0.25, 0.3) is 0 Å². The van der Waals surface area contributed by atoms with Gasteiger partial charge in [-0.3, -0.25) is 0 Å². The fourth-order valence-corrected chi connectivity index (χ4v) is 1.94. The van der Waals surface area contributed by atoms with Crippen molar-refractivity contribution in [1.29, 1.82) is 0 Å². The highest BCUT2D eigenvalue weighted by atomic mass is 16.7. The van der Waals surface area contributed by atoms with Gasteiger partial charge in [-0.15, -0.1) is 0 Å². The van der Waals surface area contributed by atoms with Crippen LogP contribution in [0, 0.1) is 0 Å². The molecule has 0 bridgehead atoms. The normalized spacial score (nSPS) is 30.2. The number of hydrogen-bond acceptors (Lipinski definition) is 3. The van der Waals surface area contributed by atoms with Crippen LogP contribution in [0.5, 0.6) is 0 Å². The van der Waals surface area contributed by atoms with Crippen LogP contribution in [0.3, 0.4) is 0 Å². The number of rotatable bonds is 3. The van der Waals surface area contributed by atoms with Crippen molar-refractivity contribution in [1.82, 2.24) is 0 Å². The van der Waals surface area contributed by atoms with Crippen molar-refractivity contribution < 1.29 is 14.6 Å². The molecule has 0 spiro atoms. The molecular weight excluding hydrogens is 204 g/mol. The predicted molar refractivity (Wildman–Crippen MR) is 60.8 cm³/mol. The highest BCUT2D eigenvalue weighted by molar-refractivity contribution is 5.13. The highest BCUT2D eigenvalue weighted by Crippen LogP contribution is 2.21. The van der Waals surface area contributed by atoms with Crippen LogP contribution >= 0.6 is 0 Å². The maximum absolute atomic E-state index is 9.59. The Morgan fingerprint density at radius 3 is 2.75 bits per heavy atom. The highest BCUT2D eigenvalue weighted by Gasteiger charge is 2.26. The molecule has 1 saturated heterocycles. The zero-order valence-electron chi connectivity index (χ0n) is 9.50. The van der Waals surface area contributed by atoms with E-state index in [4.69, 9.17) is 9.47 Å². The summed E-state index contributed by atoms with van der Waals surface area (Å²) in [5.74, 6) is 0. The number of hydrogen-bond donors (Lipinski definition) is 1. The smallest absolute Gasteiger partial charge is 0.160 e. The van der Waals surface area contributed by atoms with Crippen LogP contribution in [-0.4, -0.2) is 23.6 Å². The molecule has 88 valence electrons. The molecule has 1 N–H and O–H groups in total. The SMILES string of the molecule is CC1CC(O)CC(OCc2ccccc2)O1. The fraction of sp³-hybridized carbons (Fsp3) is 0.538. The largest absolute Gasteiger partial charge is 0.393 e. The monoisotopic (exact) mass is 222 g/mol. The molecule has 3 atom stereocenters. The second kappa shape index (κ2) is 5.43. The lowest BCUT2D eigenvalue weighted by atomic mass is 10.1. The summed E-state index contributed by atoms with van der Waals surface area (Å²) in [6, 6.07) is 9.98. The predicted octanol–water partition coefficient (Wildman–Crippen LogP) is 2.09. The standard InChI is InChI=1S/C13H18O3/c1-10-7-12(14)8-13(16-10)15-9-11-5-3-2-4-6-11/h2-6,10,12-14H,7-9H2,1H3. The summed E-state index contributed by atoms with van der Waals surface area (Å²) in [6.07, 6.45) is 0.760. The molecule has 0 aromatic heterocycles. The van der Waals surface area contributed by atoms with E-state index < -0.39 is 0 Å². The van der Waals surface area contributed by atoms with E-state index in [1.807, 2.05) is 37.3 Å². The molecule has 0 aliphatic carbocycles. The van der Waals surface area contributed by atoms with Crippen LogP contribution in [0.2, 0.25) is 0 Å². The van der Waals surface area contributed by atoms with E-state index in [1.54, 1.807) is 0 Å². The first-order chi connectivity index (χ1) is 7.74. The second-order valence-electron chi connectivity index (χ2n) is 4.30. The Kier molecular flexibility index (Phi) is 3.93. The van der Waals surface area contributed by atoms with Crippen molar-refractivity contribution in [3.8, 4) is 0 Å². The topological polar surface area (TPSA) is 38.7 Å². The van der Waals surface area contributed by atoms with Crippen molar-refractivity contribution in [2.75, 3.05) is 0 Å². The molecule has 1 aliphatic heterocycles. The molecule has 16 heavy (non-hydrogen) atoms. The maximum atomic E-state index is 9.59. The van der Waals surface area contributed by atoms with Gasteiger partial charge in [0.1, 0.15) is 0 Å². The van der Waals surface area contributed by atoms with E-state index in [2.05, 4.69) is 0 Å². The summed E-state index contributed by atoms with van der Waals surface area (Å²) in [5, 5.41) is 9.59. The molecule has 0 amide bonds. The molecule has 1 fully saturated rings. The van der Waals surface area contributed by atoms with Gasteiger partial charge in [0.05, 0.1) is 18.8 Å². The van der Waals surface area contributed by atoms with Crippen LogP contribution in [0.1, 0.15) is 25.3 Å². The lowest BCUT2D eigenvalue weighted by Gasteiger charge is -2.31. The molecule has 1 aromatic carbocycles. The fourth-order valence-electron chi connectivity index (χ4n) is 1.94. The summed E-state index contributed by atoms with van der Waals surface area (Å²) in [6.45, 7) is 2.49. The van der Waals surface area contributed by atoms with Gasteiger partial charge >= 0.3 is 0 Å². The van der Waals surface area contributed by atoms with Crippen LogP contribution in [0.25, 0.3) is 0 Å². The molecule has 3 heteroatoms. The van der Waals surface area contributed by atoms with E-state index in [0.29, 0.717) is 19.4 Å². The number of aliphatic hydroxyl groups is 1. The number of ether oxygens (including phenoxy) is 2. The average Bonchev–Trinajstić information content (AvgIpc) is 2.27. The van der Waals surface area contributed by atoms with E-state index in [0.717, 1.165) is 5.56 Å². The quantitative estimate of drug-likeness (QED) is 0.851. The van der Waals surface area contributed by atoms with Gasteiger partial charge in [0.2, 0.25) is 0 Å². The molecule has 2 rings (SSSR count). The van der Waals surface area contributed by atoms with Crippen LogP contribution < -0.4 is 0 Å². The molecule has 1 aromatic rings. The first-order valence-electron chi connectivity index (χ1n) is 5.73. The summed E-state index contributed by atoms with van der Waals surface area (Å²) in [4.78, 5) is 0. The Balaban J connectivity index is 1.81. The van der Waals surface area contributed by atoms with Crippen LogP contribution in [0.4, 0.5) is 0 Å². The van der Waals surface area contributed by atoms with Crippen LogP contribution in [-0.2, 0) is 16.1 Å². The Labute approximate surface area is 96.0 Å². The van der Waals surface area contributed by atoms with Crippen molar-refractivity contribution in [3.63, 3.8) is 0 Å². The zero-order valence-corrected chi connectivity index (χ0v) is 9.50. The molecule has 0 radical (unpaired) electrons. The minimum atomic E-state index is -0.301. The summed E-state index contributed by atoms with van der Waals surface area (Å²) in [7, 11) is 0. The van der Waals surface area contributed by atoms with Gasteiger partial charge in [-0.1, -0.05) is 30.3 Å². The molecule has 1 aliphatic rings. The number of aliphatic hydroxyl groups excluding tert-OH is 1.